The van der Waals surface area contributed by atoms with E-state index < -0.39 is 12.7 Å². The van der Waals surface area contributed by atoms with Gasteiger partial charge < -0.3 is 10.2 Å². The maximum Gasteiger partial charge on any atom is 0.406 e. The van der Waals surface area contributed by atoms with Crippen molar-refractivity contribution in [3.8, 4) is 0 Å². The minimum atomic E-state index is -4.39. The van der Waals surface area contributed by atoms with Crippen LogP contribution in [0.1, 0.15) is 42.9 Å². The number of alkyl halides is 4. The fourth-order valence-corrected chi connectivity index (χ4v) is 4.41. The van der Waals surface area contributed by atoms with Gasteiger partial charge in [0.25, 0.3) is 0 Å². The zero-order valence-electron chi connectivity index (χ0n) is 19.7. The molecule has 0 bridgehead atoms. The molecule has 0 spiro atoms. The molecule has 1 heterocycles. The molecular formula is C25H32ClF3N4. The molecule has 0 aliphatic heterocycles. The van der Waals surface area contributed by atoms with E-state index in [1.807, 2.05) is 45.0 Å². The summed E-state index contributed by atoms with van der Waals surface area (Å²) in [5.41, 5.74) is 5.60. The number of unbranched alkanes of at least 4 members (excludes halogenated alkanes) is 1. The Balaban J connectivity index is 2.17. The van der Waals surface area contributed by atoms with Gasteiger partial charge >= 0.3 is 6.18 Å². The number of rotatable bonds is 10. The summed E-state index contributed by atoms with van der Waals surface area (Å²) in [4.78, 5) is 6.73. The van der Waals surface area contributed by atoms with Gasteiger partial charge in [-0.1, -0.05) is 37.1 Å². The molecule has 4 nitrogen and oxygen atoms in total. The number of fused-ring (bicyclic) bond motifs is 1. The summed E-state index contributed by atoms with van der Waals surface area (Å²) in [5.74, 6) is 0.691. The van der Waals surface area contributed by atoms with Crippen LogP contribution in [-0.2, 0) is 6.54 Å². The van der Waals surface area contributed by atoms with Crippen molar-refractivity contribution in [2.75, 3.05) is 29.2 Å². The Hall–Kier alpha value is -2.41. The molecule has 8 heteroatoms. The summed E-state index contributed by atoms with van der Waals surface area (Å²) in [6.07, 6.45) is -1.70. The number of nitrogens with zero attached hydrogens (tertiary/aromatic N) is 3. The third-order valence-corrected chi connectivity index (χ3v) is 5.95. The predicted molar refractivity (Wildman–Crippen MR) is 132 cm³/mol. The van der Waals surface area contributed by atoms with Crippen molar-refractivity contribution in [2.24, 2.45) is 0 Å². The number of aryl methyl sites for hydroxylation is 3. The van der Waals surface area contributed by atoms with E-state index in [9.17, 15) is 13.2 Å². The van der Waals surface area contributed by atoms with E-state index in [2.05, 4.69) is 22.1 Å². The molecule has 3 aromatic rings. The van der Waals surface area contributed by atoms with Crippen LogP contribution in [0.2, 0.25) is 0 Å². The van der Waals surface area contributed by atoms with Crippen LogP contribution < -0.4 is 10.2 Å². The first-order valence-corrected chi connectivity index (χ1v) is 11.9. The van der Waals surface area contributed by atoms with Gasteiger partial charge in [0.2, 0.25) is 5.95 Å². The number of hydrogen-bond acceptors (Lipinski definition) is 3. The SMILES string of the molecule is CCCCN(CCCCl)c1cccc2nc(Nc3c(C)cc(C)cc3C)n(CC(F)(F)F)c12. The molecule has 0 atom stereocenters. The Morgan fingerprint density at radius 1 is 1.06 bits per heavy atom. The Bertz CT molecular complexity index is 1060. The molecule has 0 fully saturated rings. The molecule has 1 N–H and O–H groups in total. The highest BCUT2D eigenvalue weighted by molar-refractivity contribution is 6.17. The van der Waals surface area contributed by atoms with Crippen molar-refractivity contribution in [1.29, 1.82) is 0 Å². The van der Waals surface area contributed by atoms with Crippen molar-refractivity contribution in [3.05, 3.63) is 47.0 Å². The molecule has 3 rings (SSSR count). The standard InChI is InChI=1S/C25H32ClF3N4/c1-5-6-12-32(13-8-11-26)21-10-7-9-20-23(21)33(16-25(27,28)29)24(30-20)31-22-18(3)14-17(2)15-19(22)4/h7,9-10,14-15H,5-6,8,11-13,16H2,1-4H3,(H,30,31). The van der Waals surface area contributed by atoms with E-state index >= 15 is 0 Å². The molecule has 180 valence electrons. The molecule has 0 aliphatic carbocycles. The molecule has 33 heavy (non-hydrogen) atoms. The van der Waals surface area contributed by atoms with E-state index in [1.165, 1.54) is 4.57 Å². The average Bonchev–Trinajstić information content (AvgIpc) is 3.06. The molecule has 0 saturated heterocycles. The molecule has 1 aromatic heterocycles. The molecular weight excluding hydrogens is 449 g/mol. The van der Waals surface area contributed by atoms with E-state index in [-0.39, 0.29) is 5.95 Å². The first-order chi connectivity index (χ1) is 15.6. The molecule has 0 unspecified atom stereocenters. The lowest BCUT2D eigenvalue weighted by molar-refractivity contribution is -0.139. The number of hydrogen-bond donors (Lipinski definition) is 1. The predicted octanol–water partition coefficient (Wildman–Crippen LogP) is 7.50. The summed E-state index contributed by atoms with van der Waals surface area (Å²) < 4.78 is 42.4. The van der Waals surface area contributed by atoms with Gasteiger partial charge in [-0.2, -0.15) is 13.2 Å². The average molecular weight is 481 g/mol. The van der Waals surface area contributed by atoms with Gasteiger partial charge in [-0.3, -0.25) is 4.57 Å². The van der Waals surface area contributed by atoms with E-state index in [0.29, 0.717) is 23.5 Å². The lowest BCUT2D eigenvalue weighted by Crippen LogP contribution is -2.27. The maximum absolute atomic E-state index is 13.7. The van der Waals surface area contributed by atoms with Gasteiger partial charge in [0.1, 0.15) is 6.54 Å². The number of aromatic nitrogens is 2. The second kappa shape index (κ2) is 10.7. The molecule has 2 aromatic carbocycles. The summed E-state index contributed by atoms with van der Waals surface area (Å²) in [6, 6.07) is 9.53. The normalized spacial score (nSPS) is 11.9. The van der Waals surface area contributed by atoms with Gasteiger partial charge in [0, 0.05) is 24.7 Å². The van der Waals surface area contributed by atoms with Crippen LogP contribution in [0.25, 0.3) is 11.0 Å². The number of imidazole rings is 1. The molecule has 0 saturated carbocycles. The van der Waals surface area contributed by atoms with Crippen LogP contribution in [0.3, 0.4) is 0 Å². The Morgan fingerprint density at radius 3 is 2.33 bits per heavy atom. The van der Waals surface area contributed by atoms with Crippen molar-refractivity contribution in [3.63, 3.8) is 0 Å². The fraction of sp³-hybridized carbons (Fsp3) is 0.480. The number of anilines is 3. The summed E-state index contributed by atoms with van der Waals surface area (Å²) >= 11 is 5.94. The third kappa shape index (κ3) is 6.14. The second-order valence-electron chi connectivity index (χ2n) is 8.56. The Morgan fingerprint density at radius 2 is 1.73 bits per heavy atom. The van der Waals surface area contributed by atoms with Crippen molar-refractivity contribution in [1.82, 2.24) is 9.55 Å². The quantitative estimate of drug-likeness (QED) is 0.305. The van der Waals surface area contributed by atoms with E-state index in [4.69, 9.17) is 11.6 Å². The molecule has 0 aliphatic rings. The summed E-state index contributed by atoms with van der Waals surface area (Å²) in [5, 5.41) is 3.21. The van der Waals surface area contributed by atoms with Crippen LogP contribution in [0.4, 0.5) is 30.5 Å². The van der Waals surface area contributed by atoms with Crippen molar-refractivity contribution >= 4 is 40.0 Å². The lowest BCUT2D eigenvalue weighted by atomic mass is 10.1. The van der Waals surface area contributed by atoms with Crippen LogP contribution >= 0.6 is 11.6 Å². The Kier molecular flexibility index (Phi) is 8.16. The first kappa shape index (κ1) is 25.2. The zero-order valence-corrected chi connectivity index (χ0v) is 20.4. The highest BCUT2D eigenvalue weighted by Gasteiger charge is 2.31. The number of nitrogens with one attached hydrogen (secondary N) is 1. The number of benzene rings is 2. The van der Waals surface area contributed by atoms with Gasteiger partial charge in [-0.25, -0.2) is 4.98 Å². The van der Waals surface area contributed by atoms with Gasteiger partial charge in [-0.05, 0) is 56.9 Å². The van der Waals surface area contributed by atoms with Crippen LogP contribution in [-0.4, -0.2) is 34.7 Å². The smallest absolute Gasteiger partial charge is 0.370 e. The molecule has 0 radical (unpaired) electrons. The largest absolute Gasteiger partial charge is 0.406 e. The maximum atomic E-state index is 13.7. The second-order valence-corrected chi connectivity index (χ2v) is 8.94. The minimum absolute atomic E-state index is 0.192. The summed E-state index contributed by atoms with van der Waals surface area (Å²) in [7, 11) is 0. The van der Waals surface area contributed by atoms with Gasteiger partial charge in [0.05, 0.1) is 16.7 Å². The summed E-state index contributed by atoms with van der Waals surface area (Å²) in [6.45, 7) is 8.31. The van der Waals surface area contributed by atoms with Crippen molar-refractivity contribution in [2.45, 2.75) is 59.7 Å². The third-order valence-electron chi connectivity index (χ3n) is 5.68. The van der Waals surface area contributed by atoms with Crippen LogP contribution in [0, 0.1) is 20.8 Å². The monoisotopic (exact) mass is 480 g/mol. The van der Waals surface area contributed by atoms with Crippen LogP contribution in [0.5, 0.6) is 0 Å². The van der Waals surface area contributed by atoms with Crippen LogP contribution in [0.15, 0.2) is 30.3 Å². The van der Waals surface area contributed by atoms with Gasteiger partial charge in [0.15, 0.2) is 0 Å². The lowest BCUT2D eigenvalue weighted by Gasteiger charge is -2.26. The Labute approximate surface area is 198 Å². The highest BCUT2D eigenvalue weighted by Crippen LogP contribution is 2.35. The first-order valence-electron chi connectivity index (χ1n) is 11.4. The topological polar surface area (TPSA) is 33.1 Å². The minimum Gasteiger partial charge on any atom is -0.370 e. The van der Waals surface area contributed by atoms with Crippen molar-refractivity contribution < 1.29 is 13.2 Å². The van der Waals surface area contributed by atoms with Gasteiger partial charge in [-0.15, -0.1) is 11.6 Å². The van der Waals surface area contributed by atoms with E-state index in [1.54, 1.807) is 6.07 Å². The zero-order chi connectivity index (χ0) is 24.2. The fourth-order valence-electron chi connectivity index (χ4n) is 4.29. The highest BCUT2D eigenvalue weighted by atomic mass is 35.5. The van der Waals surface area contributed by atoms with E-state index in [0.717, 1.165) is 53.9 Å². The number of para-hydroxylation sites is 1. The molecule has 0 amide bonds. The number of halogens is 4.